The number of carbonyl (C=O) groups excluding carboxylic acids is 1. The van der Waals surface area contributed by atoms with E-state index in [1.165, 1.54) is 11.0 Å². The molecular formula is C10H15NO4. The van der Waals surface area contributed by atoms with Gasteiger partial charge in [-0.1, -0.05) is 12.7 Å². The molecule has 0 aromatic rings. The highest BCUT2D eigenvalue weighted by atomic mass is 16.6. The smallest absolute Gasteiger partial charge is 0.410 e. The lowest BCUT2D eigenvalue weighted by molar-refractivity contribution is -0.138. The van der Waals surface area contributed by atoms with Crippen LogP contribution in [0.5, 0.6) is 0 Å². The fourth-order valence-corrected chi connectivity index (χ4v) is 1.48. The zero-order chi connectivity index (χ0) is 11.5. The minimum Gasteiger partial charge on any atom is -0.481 e. The molecule has 0 atom stereocenters. The van der Waals surface area contributed by atoms with Crippen LogP contribution >= 0.6 is 0 Å². The molecule has 0 saturated heterocycles. The maximum atomic E-state index is 11.4. The second-order valence-corrected chi connectivity index (χ2v) is 3.72. The second kappa shape index (κ2) is 4.33. The zero-order valence-corrected chi connectivity index (χ0v) is 8.73. The molecule has 0 radical (unpaired) electrons. The molecule has 0 aromatic heterocycles. The summed E-state index contributed by atoms with van der Waals surface area (Å²) < 4.78 is 4.84. The Hall–Kier alpha value is -1.52. The van der Waals surface area contributed by atoms with E-state index in [1.807, 2.05) is 0 Å². The number of ether oxygens (including phenoxy) is 1. The summed E-state index contributed by atoms with van der Waals surface area (Å²) in [7, 11) is 1.57. The van der Waals surface area contributed by atoms with Gasteiger partial charge >= 0.3 is 12.1 Å². The third kappa shape index (κ3) is 2.71. The predicted molar refractivity (Wildman–Crippen MR) is 53.5 cm³/mol. The lowest BCUT2D eigenvalue weighted by atomic mass is 10.1. The molecule has 15 heavy (non-hydrogen) atoms. The van der Waals surface area contributed by atoms with Gasteiger partial charge in [0.2, 0.25) is 0 Å². The van der Waals surface area contributed by atoms with Crippen LogP contribution in [0.25, 0.3) is 0 Å². The fourth-order valence-electron chi connectivity index (χ4n) is 1.48. The topological polar surface area (TPSA) is 66.8 Å². The number of carbonyl (C=O) groups is 2. The molecule has 1 rings (SSSR count). The number of amides is 1. The van der Waals surface area contributed by atoms with Crippen LogP contribution < -0.4 is 0 Å². The maximum absolute atomic E-state index is 11.4. The van der Waals surface area contributed by atoms with Crippen molar-refractivity contribution in [3.8, 4) is 0 Å². The van der Waals surface area contributed by atoms with Gasteiger partial charge in [-0.15, -0.1) is 0 Å². The van der Waals surface area contributed by atoms with Crippen molar-refractivity contribution in [2.24, 2.45) is 0 Å². The predicted octanol–water partition coefficient (Wildman–Crippen LogP) is 1.25. The van der Waals surface area contributed by atoms with E-state index in [2.05, 4.69) is 6.58 Å². The molecule has 0 heterocycles. The van der Waals surface area contributed by atoms with E-state index in [4.69, 9.17) is 9.84 Å². The average Bonchev–Trinajstić information content (AvgIpc) is 2.93. The second-order valence-electron chi connectivity index (χ2n) is 3.72. The summed E-state index contributed by atoms with van der Waals surface area (Å²) in [6, 6.07) is 0. The summed E-state index contributed by atoms with van der Waals surface area (Å²) in [5.41, 5.74) is -0.524. The van der Waals surface area contributed by atoms with Crippen molar-refractivity contribution in [1.82, 2.24) is 4.90 Å². The van der Waals surface area contributed by atoms with Crippen LogP contribution in [0.1, 0.15) is 19.3 Å². The van der Waals surface area contributed by atoms with Crippen LogP contribution in [0.2, 0.25) is 0 Å². The Morgan fingerprint density at radius 3 is 2.60 bits per heavy atom. The lowest BCUT2D eigenvalue weighted by Gasteiger charge is -2.25. The van der Waals surface area contributed by atoms with E-state index in [1.54, 1.807) is 7.05 Å². The first-order valence-corrected chi connectivity index (χ1v) is 4.75. The van der Waals surface area contributed by atoms with Gasteiger partial charge in [-0.2, -0.15) is 0 Å². The van der Waals surface area contributed by atoms with Gasteiger partial charge in [0.25, 0.3) is 0 Å². The number of carboxylic acid groups (broad SMARTS) is 1. The molecule has 1 amide bonds. The number of hydrogen-bond acceptors (Lipinski definition) is 3. The summed E-state index contributed by atoms with van der Waals surface area (Å²) >= 11 is 0. The van der Waals surface area contributed by atoms with Gasteiger partial charge in [0.15, 0.2) is 0 Å². The Morgan fingerprint density at radius 1 is 1.60 bits per heavy atom. The minimum absolute atomic E-state index is 0.0211. The van der Waals surface area contributed by atoms with E-state index in [0.717, 1.165) is 12.8 Å². The zero-order valence-electron chi connectivity index (χ0n) is 8.73. The van der Waals surface area contributed by atoms with Crippen LogP contribution in [0, 0.1) is 0 Å². The molecule has 1 N–H and O–H groups in total. The van der Waals surface area contributed by atoms with Crippen molar-refractivity contribution in [2.45, 2.75) is 24.8 Å². The van der Waals surface area contributed by atoms with Gasteiger partial charge < -0.3 is 14.7 Å². The third-order valence-corrected chi connectivity index (χ3v) is 2.62. The summed E-state index contributed by atoms with van der Waals surface area (Å²) in [6.45, 7) is 3.57. The van der Waals surface area contributed by atoms with Crippen molar-refractivity contribution in [3.63, 3.8) is 0 Å². The number of carboxylic acids is 1. The highest BCUT2D eigenvalue weighted by Gasteiger charge is 2.50. The van der Waals surface area contributed by atoms with Gasteiger partial charge in [0.05, 0.1) is 12.0 Å². The summed E-state index contributed by atoms with van der Waals surface area (Å²) in [5, 5.41) is 8.70. The van der Waals surface area contributed by atoms with Crippen LogP contribution in [0.3, 0.4) is 0 Å². The molecule has 1 saturated carbocycles. The standard InChI is InChI=1S/C10H15NO4/c1-3-6-15-9(14)11(2)10(4-5-10)7-8(12)13/h3H,1,4-7H2,2H3,(H,12,13). The summed E-state index contributed by atoms with van der Waals surface area (Å²) in [4.78, 5) is 23.4. The molecule has 0 bridgehead atoms. The Kier molecular flexibility index (Phi) is 3.34. The Morgan fingerprint density at radius 2 is 2.20 bits per heavy atom. The lowest BCUT2D eigenvalue weighted by Crippen LogP contribution is -2.40. The van der Waals surface area contributed by atoms with E-state index in [9.17, 15) is 9.59 Å². The molecule has 0 unspecified atom stereocenters. The Labute approximate surface area is 88.3 Å². The monoisotopic (exact) mass is 213 g/mol. The maximum Gasteiger partial charge on any atom is 0.410 e. The fraction of sp³-hybridized carbons (Fsp3) is 0.600. The molecule has 5 nitrogen and oxygen atoms in total. The van der Waals surface area contributed by atoms with E-state index in [0.29, 0.717) is 0 Å². The summed E-state index contributed by atoms with van der Waals surface area (Å²) in [5.74, 6) is -0.893. The average molecular weight is 213 g/mol. The third-order valence-electron chi connectivity index (χ3n) is 2.62. The van der Waals surface area contributed by atoms with Crippen molar-refractivity contribution in [2.75, 3.05) is 13.7 Å². The largest absolute Gasteiger partial charge is 0.481 e. The number of rotatable bonds is 5. The molecule has 0 aliphatic heterocycles. The van der Waals surface area contributed by atoms with Gasteiger partial charge in [-0.05, 0) is 12.8 Å². The molecule has 0 aromatic carbocycles. The van der Waals surface area contributed by atoms with Crippen LogP contribution in [0.15, 0.2) is 12.7 Å². The number of hydrogen-bond donors (Lipinski definition) is 1. The van der Waals surface area contributed by atoms with Crippen LogP contribution in [-0.4, -0.2) is 41.3 Å². The van der Waals surface area contributed by atoms with Crippen LogP contribution in [0.4, 0.5) is 4.79 Å². The highest BCUT2D eigenvalue weighted by molar-refractivity contribution is 5.73. The Bertz CT molecular complexity index is 283. The normalized spacial score (nSPS) is 16.6. The quantitative estimate of drug-likeness (QED) is 0.698. The van der Waals surface area contributed by atoms with Gasteiger partial charge in [0.1, 0.15) is 6.61 Å². The van der Waals surface area contributed by atoms with Gasteiger partial charge in [0, 0.05) is 7.05 Å². The molecule has 1 fully saturated rings. The number of aliphatic carboxylic acids is 1. The van der Waals surface area contributed by atoms with E-state index < -0.39 is 17.6 Å². The van der Waals surface area contributed by atoms with Gasteiger partial charge in [-0.3, -0.25) is 4.79 Å². The molecule has 0 spiro atoms. The molecule has 1 aliphatic rings. The highest BCUT2D eigenvalue weighted by Crippen LogP contribution is 2.44. The molecular weight excluding hydrogens is 198 g/mol. The van der Waals surface area contributed by atoms with Crippen molar-refractivity contribution < 1.29 is 19.4 Å². The minimum atomic E-state index is -0.893. The van der Waals surface area contributed by atoms with Crippen LogP contribution in [-0.2, 0) is 9.53 Å². The first kappa shape index (κ1) is 11.6. The van der Waals surface area contributed by atoms with Crippen molar-refractivity contribution in [1.29, 1.82) is 0 Å². The first-order valence-electron chi connectivity index (χ1n) is 4.75. The molecule has 1 aliphatic carbocycles. The molecule has 5 heteroatoms. The summed E-state index contributed by atoms with van der Waals surface area (Å²) in [6.07, 6.45) is 2.40. The van der Waals surface area contributed by atoms with Crippen molar-refractivity contribution >= 4 is 12.1 Å². The van der Waals surface area contributed by atoms with Gasteiger partial charge in [-0.25, -0.2) is 4.79 Å². The van der Waals surface area contributed by atoms with E-state index in [-0.39, 0.29) is 13.0 Å². The SMILES string of the molecule is C=CCOC(=O)N(C)C1(CC(=O)O)CC1. The first-order chi connectivity index (χ1) is 7.02. The molecule has 84 valence electrons. The van der Waals surface area contributed by atoms with Crippen molar-refractivity contribution in [3.05, 3.63) is 12.7 Å². The Balaban J connectivity index is 2.51. The number of nitrogens with zero attached hydrogens (tertiary/aromatic N) is 1. The van der Waals surface area contributed by atoms with E-state index >= 15 is 0 Å².